The van der Waals surface area contributed by atoms with Crippen LogP contribution in [0.15, 0.2) is 10.9 Å². The topological polar surface area (TPSA) is 50.9 Å². The molecule has 0 saturated heterocycles. The van der Waals surface area contributed by atoms with Crippen molar-refractivity contribution in [2.75, 3.05) is 19.6 Å². The van der Waals surface area contributed by atoms with Crippen molar-refractivity contribution in [3.05, 3.63) is 16.6 Å². The Morgan fingerprint density at radius 2 is 2.06 bits per heavy atom. The Hall–Kier alpha value is -0.450. The summed E-state index contributed by atoms with van der Waals surface area (Å²) in [5.41, 5.74) is 8.83. The van der Waals surface area contributed by atoms with Crippen LogP contribution in [0.3, 0.4) is 0 Å². The first-order valence-electron chi connectivity index (χ1n) is 6.66. The van der Waals surface area contributed by atoms with Gasteiger partial charge < -0.3 is 11.1 Å². The van der Waals surface area contributed by atoms with Gasteiger partial charge in [-0.1, -0.05) is 0 Å². The van der Waals surface area contributed by atoms with Gasteiger partial charge >= 0.3 is 0 Å². The molecule has 0 aliphatic heterocycles. The van der Waals surface area contributed by atoms with Crippen molar-refractivity contribution < 1.29 is 0 Å². The average molecular weight is 253 g/mol. The zero-order valence-electron chi connectivity index (χ0n) is 10.4. The van der Waals surface area contributed by atoms with E-state index in [9.17, 15) is 0 Å². The fourth-order valence-electron chi connectivity index (χ4n) is 2.55. The molecule has 1 heterocycles. The van der Waals surface area contributed by atoms with E-state index in [0.717, 1.165) is 31.3 Å². The third-order valence-corrected chi connectivity index (χ3v) is 4.41. The van der Waals surface area contributed by atoms with E-state index in [-0.39, 0.29) is 0 Å². The molecule has 1 aliphatic rings. The molecule has 0 atom stereocenters. The van der Waals surface area contributed by atoms with Gasteiger partial charge in [0.1, 0.15) is 0 Å². The molecule has 17 heavy (non-hydrogen) atoms. The first kappa shape index (κ1) is 13.0. The Kier molecular flexibility index (Phi) is 5.42. The molecule has 96 valence electrons. The highest BCUT2D eigenvalue weighted by Crippen LogP contribution is 2.27. The highest BCUT2D eigenvalue weighted by molar-refractivity contribution is 7.07. The van der Waals surface area contributed by atoms with Gasteiger partial charge in [0.15, 0.2) is 0 Å². The summed E-state index contributed by atoms with van der Waals surface area (Å²) >= 11 is 1.68. The Bertz CT molecular complexity index is 292. The molecule has 1 aromatic heterocycles. The van der Waals surface area contributed by atoms with Gasteiger partial charge in [0, 0.05) is 18.3 Å². The molecule has 3 N–H and O–H groups in total. The number of aromatic nitrogens is 1. The average Bonchev–Trinajstić information content (AvgIpc) is 2.88. The lowest BCUT2D eigenvalue weighted by molar-refractivity contribution is 0.273. The maximum atomic E-state index is 5.70. The first-order chi connectivity index (χ1) is 8.38. The minimum absolute atomic E-state index is 0.793. The summed E-state index contributed by atoms with van der Waals surface area (Å²) in [5.74, 6) is 1.66. The summed E-state index contributed by atoms with van der Waals surface area (Å²) in [4.78, 5) is 4.29. The van der Waals surface area contributed by atoms with E-state index >= 15 is 0 Å². The molecule has 2 rings (SSSR count). The first-order valence-corrected chi connectivity index (χ1v) is 7.60. The molecule has 1 fully saturated rings. The molecule has 1 saturated carbocycles. The second-order valence-corrected chi connectivity index (χ2v) is 5.78. The predicted molar refractivity (Wildman–Crippen MR) is 73.2 cm³/mol. The summed E-state index contributed by atoms with van der Waals surface area (Å²) in [6.45, 7) is 3.10. The summed E-state index contributed by atoms with van der Waals surface area (Å²) in [5, 5.41) is 5.69. The van der Waals surface area contributed by atoms with Crippen LogP contribution in [0.5, 0.6) is 0 Å². The Labute approximate surface area is 108 Å². The summed E-state index contributed by atoms with van der Waals surface area (Å²) in [6, 6.07) is 0. The number of hydrogen-bond donors (Lipinski definition) is 2. The van der Waals surface area contributed by atoms with E-state index in [1.54, 1.807) is 11.3 Å². The van der Waals surface area contributed by atoms with Crippen molar-refractivity contribution >= 4 is 11.3 Å². The SMILES string of the molecule is NCC1CCC(CNCCc2cscn2)CC1. The van der Waals surface area contributed by atoms with Gasteiger partial charge in [0.2, 0.25) is 0 Å². The van der Waals surface area contributed by atoms with Crippen molar-refractivity contribution in [3.63, 3.8) is 0 Å². The van der Waals surface area contributed by atoms with Gasteiger partial charge in [0.05, 0.1) is 11.2 Å². The highest BCUT2D eigenvalue weighted by Gasteiger charge is 2.19. The molecule has 0 aromatic carbocycles. The lowest BCUT2D eigenvalue weighted by Gasteiger charge is -2.27. The van der Waals surface area contributed by atoms with E-state index in [0.29, 0.717) is 0 Å². The fraction of sp³-hybridized carbons (Fsp3) is 0.769. The van der Waals surface area contributed by atoms with E-state index < -0.39 is 0 Å². The van der Waals surface area contributed by atoms with E-state index in [2.05, 4.69) is 15.7 Å². The molecule has 1 aliphatic carbocycles. The third kappa shape index (κ3) is 4.37. The molecule has 0 unspecified atom stereocenters. The van der Waals surface area contributed by atoms with Gasteiger partial charge in [-0.05, 0) is 50.6 Å². The van der Waals surface area contributed by atoms with Crippen LogP contribution in [-0.2, 0) is 6.42 Å². The van der Waals surface area contributed by atoms with Crippen molar-refractivity contribution in [1.82, 2.24) is 10.3 Å². The smallest absolute Gasteiger partial charge is 0.0794 e. The zero-order chi connectivity index (χ0) is 11.9. The van der Waals surface area contributed by atoms with Crippen LogP contribution in [0.4, 0.5) is 0 Å². The van der Waals surface area contributed by atoms with Crippen LogP contribution in [0.2, 0.25) is 0 Å². The van der Waals surface area contributed by atoms with Gasteiger partial charge in [0.25, 0.3) is 0 Å². The van der Waals surface area contributed by atoms with Crippen LogP contribution in [0.1, 0.15) is 31.4 Å². The normalized spacial score (nSPS) is 25.0. The predicted octanol–water partition coefficient (Wildman–Crippen LogP) is 2.04. The number of hydrogen-bond acceptors (Lipinski definition) is 4. The monoisotopic (exact) mass is 253 g/mol. The third-order valence-electron chi connectivity index (χ3n) is 3.77. The largest absolute Gasteiger partial charge is 0.330 e. The minimum atomic E-state index is 0.793. The van der Waals surface area contributed by atoms with Gasteiger partial charge in [-0.2, -0.15) is 0 Å². The molecule has 0 bridgehead atoms. The molecule has 1 aromatic rings. The summed E-state index contributed by atoms with van der Waals surface area (Å²) in [7, 11) is 0. The van der Waals surface area contributed by atoms with Crippen LogP contribution in [0, 0.1) is 11.8 Å². The fourth-order valence-corrected chi connectivity index (χ4v) is 3.15. The molecular formula is C13H23N3S. The van der Waals surface area contributed by atoms with Crippen molar-refractivity contribution in [3.8, 4) is 0 Å². The van der Waals surface area contributed by atoms with Crippen LogP contribution < -0.4 is 11.1 Å². The standard InChI is InChI=1S/C13H23N3S/c14-7-11-1-3-12(4-2-11)8-15-6-5-13-9-17-10-16-13/h9-12,15H,1-8,14H2. The van der Waals surface area contributed by atoms with Crippen LogP contribution in [0.25, 0.3) is 0 Å². The van der Waals surface area contributed by atoms with Crippen LogP contribution in [-0.4, -0.2) is 24.6 Å². The second kappa shape index (κ2) is 7.09. The maximum absolute atomic E-state index is 5.70. The van der Waals surface area contributed by atoms with E-state index in [1.165, 1.54) is 37.9 Å². The molecule has 0 radical (unpaired) electrons. The summed E-state index contributed by atoms with van der Waals surface area (Å²) < 4.78 is 0. The van der Waals surface area contributed by atoms with Crippen molar-refractivity contribution in [2.45, 2.75) is 32.1 Å². The molecule has 4 heteroatoms. The van der Waals surface area contributed by atoms with E-state index in [1.807, 2.05) is 5.51 Å². The Morgan fingerprint density at radius 3 is 2.71 bits per heavy atom. The highest BCUT2D eigenvalue weighted by atomic mass is 32.1. The van der Waals surface area contributed by atoms with Crippen LogP contribution >= 0.6 is 11.3 Å². The lowest BCUT2D eigenvalue weighted by atomic mass is 9.82. The van der Waals surface area contributed by atoms with Gasteiger partial charge in [-0.25, -0.2) is 4.98 Å². The zero-order valence-corrected chi connectivity index (χ0v) is 11.2. The Balaban J connectivity index is 1.54. The number of nitrogens with two attached hydrogens (primary N) is 1. The number of thiazole rings is 1. The number of nitrogens with one attached hydrogen (secondary N) is 1. The van der Waals surface area contributed by atoms with E-state index in [4.69, 9.17) is 5.73 Å². The Morgan fingerprint density at radius 1 is 1.29 bits per heavy atom. The number of rotatable bonds is 6. The summed E-state index contributed by atoms with van der Waals surface area (Å²) in [6.07, 6.45) is 6.42. The second-order valence-electron chi connectivity index (χ2n) is 5.06. The molecule has 3 nitrogen and oxygen atoms in total. The van der Waals surface area contributed by atoms with Gasteiger partial charge in [-0.3, -0.25) is 0 Å². The minimum Gasteiger partial charge on any atom is -0.330 e. The van der Waals surface area contributed by atoms with Gasteiger partial charge in [-0.15, -0.1) is 11.3 Å². The maximum Gasteiger partial charge on any atom is 0.0794 e. The molecule has 0 amide bonds. The molecular weight excluding hydrogens is 230 g/mol. The molecule has 0 spiro atoms. The lowest BCUT2D eigenvalue weighted by Crippen LogP contribution is -2.29. The number of nitrogens with zero attached hydrogens (tertiary/aromatic N) is 1. The van der Waals surface area contributed by atoms with Crippen molar-refractivity contribution in [1.29, 1.82) is 0 Å². The van der Waals surface area contributed by atoms with Crippen molar-refractivity contribution in [2.24, 2.45) is 17.6 Å². The quantitative estimate of drug-likeness (QED) is 0.763.